The van der Waals surface area contributed by atoms with Gasteiger partial charge in [0.25, 0.3) is 0 Å². The van der Waals surface area contributed by atoms with Gasteiger partial charge in [0.2, 0.25) is 11.8 Å². The van der Waals surface area contributed by atoms with Gasteiger partial charge in [-0.3, -0.25) is 14.5 Å². The molecule has 0 radical (unpaired) electrons. The van der Waals surface area contributed by atoms with Crippen molar-refractivity contribution in [1.29, 1.82) is 0 Å². The maximum atomic E-state index is 14.3. The summed E-state index contributed by atoms with van der Waals surface area (Å²) in [6, 6.07) is 16.2. The summed E-state index contributed by atoms with van der Waals surface area (Å²) < 4.78 is 5.66. The van der Waals surface area contributed by atoms with Crippen LogP contribution < -0.4 is 5.32 Å². The highest BCUT2D eigenvalue weighted by Gasteiger charge is 2.48. The van der Waals surface area contributed by atoms with Gasteiger partial charge in [-0.2, -0.15) is 0 Å². The number of hydrogen-bond donors (Lipinski definition) is 1. The van der Waals surface area contributed by atoms with Crippen molar-refractivity contribution in [3.63, 3.8) is 0 Å². The molecule has 2 aliphatic heterocycles. The van der Waals surface area contributed by atoms with E-state index in [-0.39, 0.29) is 11.8 Å². The third-order valence-electron chi connectivity index (χ3n) is 7.05. The molecule has 2 heterocycles. The fourth-order valence-corrected chi connectivity index (χ4v) is 5.33. The number of benzene rings is 2. The first-order chi connectivity index (χ1) is 15.9. The van der Waals surface area contributed by atoms with Crippen molar-refractivity contribution in [3.8, 4) is 0 Å². The number of likely N-dealkylation sites (N-methyl/N-ethyl adjacent to an activating group) is 1. The van der Waals surface area contributed by atoms with Gasteiger partial charge in [-0.25, -0.2) is 0 Å². The lowest BCUT2D eigenvalue weighted by molar-refractivity contribution is -0.151. The van der Waals surface area contributed by atoms with E-state index >= 15 is 0 Å². The standard InChI is InChI=1S/C27H35N3O3/c1-20-15-21(2)17-23(16-20)27(9-13-33-14-10-27)26(32)30-12-11-29(19-24(30)25(31)28-3)18-22-7-5-4-6-8-22/h4-8,15-17,24H,9-14,18-19H2,1-3H3,(H,28,31). The number of amides is 2. The van der Waals surface area contributed by atoms with Crippen LogP contribution in [0.25, 0.3) is 0 Å². The summed E-state index contributed by atoms with van der Waals surface area (Å²) in [6.07, 6.45) is 1.28. The van der Waals surface area contributed by atoms with Gasteiger partial charge in [0, 0.05) is 46.4 Å². The van der Waals surface area contributed by atoms with Crippen LogP contribution in [-0.4, -0.2) is 67.6 Å². The Morgan fingerprint density at radius 1 is 1.03 bits per heavy atom. The van der Waals surface area contributed by atoms with Crippen molar-refractivity contribution < 1.29 is 14.3 Å². The van der Waals surface area contributed by atoms with Crippen molar-refractivity contribution in [3.05, 3.63) is 70.8 Å². The topological polar surface area (TPSA) is 61.9 Å². The molecule has 0 saturated carbocycles. The molecule has 6 nitrogen and oxygen atoms in total. The molecule has 1 N–H and O–H groups in total. The first-order valence-electron chi connectivity index (χ1n) is 11.9. The average molecular weight is 450 g/mol. The smallest absolute Gasteiger partial charge is 0.243 e. The molecule has 6 heteroatoms. The molecular formula is C27H35N3O3. The third kappa shape index (κ3) is 4.97. The van der Waals surface area contributed by atoms with Crippen LogP contribution in [0.4, 0.5) is 0 Å². The van der Waals surface area contributed by atoms with Gasteiger partial charge in [-0.1, -0.05) is 59.7 Å². The van der Waals surface area contributed by atoms with E-state index in [4.69, 9.17) is 4.74 Å². The van der Waals surface area contributed by atoms with Gasteiger partial charge in [-0.15, -0.1) is 0 Å². The predicted molar refractivity (Wildman–Crippen MR) is 129 cm³/mol. The van der Waals surface area contributed by atoms with E-state index in [9.17, 15) is 9.59 Å². The maximum Gasteiger partial charge on any atom is 0.243 e. The number of piperazine rings is 1. The van der Waals surface area contributed by atoms with Crippen LogP contribution in [-0.2, 0) is 26.3 Å². The summed E-state index contributed by atoms with van der Waals surface area (Å²) in [5.41, 5.74) is 3.92. The van der Waals surface area contributed by atoms with Crippen molar-refractivity contribution in [2.24, 2.45) is 0 Å². The Hall–Kier alpha value is -2.70. The van der Waals surface area contributed by atoms with E-state index in [1.165, 1.54) is 5.56 Å². The van der Waals surface area contributed by atoms with Crippen molar-refractivity contribution >= 4 is 11.8 Å². The van der Waals surface area contributed by atoms with E-state index in [0.29, 0.717) is 39.1 Å². The minimum Gasteiger partial charge on any atom is -0.381 e. The second-order valence-electron chi connectivity index (χ2n) is 9.42. The van der Waals surface area contributed by atoms with Crippen molar-refractivity contribution in [2.45, 2.75) is 44.7 Å². The third-order valence-corrected chi connectivity index (χ3v) is 7.05. The van der Waals surface area contributed by atoms with Crippen LogP contribution in [0.3, 0.4) is 0 Å². The molecular weight excluding hydrogens is 414 g/mol. The molecule has 2 aliphatic rings. The van der Waals surface area contributed by atoms with Gasteiger partial charge in [0.1, 0.15) is 6.04 Å². The number of carbonyl (C=O) groups is 2. The predicted octanol–water partition coefficient (Wildman–Crippen LogP) is 2.81. The van der Waals surface area contributed by atoms with E-state index in [1.54, 1.807) is 7.05 Å². The van der Waals surface area contributed by atoms with Gasteiger partial charge in [-0.05, 0) is 37.8 Å². The summed E-state index contributed by atoms with van der Waals surface area (Å²) in [4.78, 5) is 31.3. The van der Waals surface area contributed by atoms with Gasteiger partial charge in [0.05, 0.1) is 5.41 Å². The Bertz CT molecular complexity index is 965. The highest BCUT2D eigenvalue weighted by atomic mass is 16.5. The first-order valence-corrected chi connectivity index (χ1v) is 11.9. The molecule has 2 aromatic rings. The Labute approximate surface area is 196 Å². The number of hydrogen-bond acceptors (Lipinski definition) is 4. The quantitative estimate of drug-likeness (QED) is 0.763. The Morgan fingerprint density at radius 2 is 1.70 bits per heavy atom. The maximum absolute atomic E-state index is 14.3. The van der Waals surface area contributed by atoms with Crippen molar-refractivity contribution in [2.75, 3.05) is 39.9 Å². The monoisotopic (exact) mass is 449 g/mol. The summed E-state index contributed by atoms with van der Waals surface area (Å²) >= 11 is 0. The highest BCUT2D eigenvalue weighted by molar-refractivity contribution is 5.93. The molecule has 2 fully saturated rings. The number of ether oxygens (including phenoxy) is 1. The van der Waals surface area contributed by atoms with E-state index in [1.807, 2.05) is 23.1 Å². The zero-order valence-electron chi connectivity index (χ0n) is 20.0. The van der Waals surface area contributed by atoms with Gasteiger partial charge in [0.15, 0.2) is 0 Å². The summed E-state index contributed by atoms with van der Waals surface area (Å²) in [6.45, 7) is 7.83. The van der Waals surface area contributed by atoms with Gasteiger partial charge < -0.3 is 15.0 Å². The van der Waals surface area contributed by atoms with Crippen molar-refractivity contribution in [1.82, 2.24) is 15.1 Å². The minimum absolute atomic E-state index is 0.0590. The Kier molecular flexibility index (Phi) is 7.15. The molecule has 2 saturated heterocycles. The lowest BCUT2D eigenvalue weighted by Gasteiger charge is -2.46. The number of rotatable bonds is 5. The molecule has 2 aromatic carbocycles. The second kappa shape index (κ2) is 10.1. The van der Waals surface area contributed by atoms with Crippen LogP contribution in [0.15, 0.2) is 48.5 Å². The molecule has 33 heavy (non-hydrogen) atoms. The van der Waals surface area contributed by atoms with E-state index in [2.05, 4.69) is 54.4 Å². The zero-order chi connectivity index (χ0) is 23.4. The Morgan fingerprint density at radius 3 is 2.33 bits per heavy atom. The molecule has 176 valence electrons. The molecule has 0 spiro atoms. The number of aryl methyl sites for hydroxylation is 2. The van der Waals surface area contributed by atoms with Crippen LogP contribution in [0.1, 0.15) is 35.1 Å². The fraction of sp³-hybridized carbons (Fsp3) is 0.481. The molecule has 0 aliphatic carbocycles. The van der Waals surface area contributed by atoms with Crippen LogP contribution in [0.5, 0.6) is 0 Å². The van der Waals surface area contributed by atoms with E-state index in [0.717, 1.165) is 29.8 Å². The lowest BCUT2D eigenvalue weighted by Crippen LogP contribution is -2.63. The summed E-state index contributed by atoms with van der Waals surface area (Å²) in [5, 5.41) is 2.79. The first kappa shape index (κ1) is 23.5. The fourth-order valence-electron chi connectivity index (χ4n) is 5.33. The lowest BCUT2D eigenvalue weighted by atomic mass is 9.72. The summed E-state index contributed by atoms with van der Waals surface area (Å²) in [5.74, 6) is -0.0486. The molecule has 1 unspecified atom stereocenters. The van der Waals surface area contributed by atoms with Crippen LogP contribution >= 0.6 is 0 Å². The summed E-state index contributed by atoms with van der Waals surface area (Å²) in [7, 11) is 1.65. The van der Waals surface area contributed by atoms with E-state index < -0.39 is 11.5 Å². The number of nitrogens with one attached hydrogen (secondary N) is 1. The number of nitrogens with zero attached hydrogens (tertiary/aromatic N) is 2. The molecule has 4 rings (SSSR count). The molecule has 0 bridgehead atoms. The molecule has 2 amide bonds. The molecule has 1 atom stereocenters. The molecule has 0 aromatic heterocycles. The van der Waals surface area contributed by atoms with Gasteiger partial charge >= 0.3 is 0 Å². The second-order valence-corrected chi connectivity index (χ2v) is 9.42. The number of carbonyl (C=O) groups excluding carboxylic acids is 2. The largest absolute Gasteiger partial charge is 0.381 e. The Balaban J connectivity index is 1.63. The zero-order valence-corrected chi connectivity index (χ0v) is 20.0. The van der Waals surface area contributed by atoms with Crippen LogP contribution in [0, 0.1) is 13.8 Å². The average Bonchev–Trinajstić information content (AvgIpc) is 2.83. The SMILES string of the molecule is CNC(=O)C1CN(Cc2ccccc2)CCN1C(=O)C1(c2cc(C)cc(C)c2)CCOCC1. The highest BCUT2D eigenvalue weighted by Crippen LogP contribution is 2.38. The minimum atomic E-state index is -0.650. The normalized spacial score (nSPS) is 20.9. The van der Waals surface area contributed by atoms with Crippen LogP contribution in [0.2, 0.25) is 0 Å².